The van der Waals surface area contributed by atoms with E-state index in [9.17, 15) is 9.18 Å². The van der Waals surface area contributed by atoms with Crippen molar-refractivity contribution < 1.29 is 9.18 Å². The van der Waals surface area contributed by atoms with Crippen LogP contribution in [0.1, 0.15) is 5.56 Å². The molecule has 0 aromatic heterocycles. The summed E-state index contributed by atoms with van der Waals surface area (Å²) in [5, 5.41) is 0.113. The van der Waals surface area contributed by atoms with Gasteiger partial charge in [0.05, 0.1) is 10.3 Å². The predicted octanol–water partition coefficient (Wildman–Crippen LogP) is 3.44. The number of Topliss-reactive ketones (excluding diaryl/α,β-unsaturated/α-hetero) is 1. The lowest BCUT2D eigenvalue weighted by Crippen LogP contribution is -2.25. The smallest absolute Gasteiger partial charge is 0.151 e. The van der Waals surface area contributed by atoms with Gasteiger partial charge in [0, 0.05) is 23.7 Å². The molecule has 0 radical (unpaired) electrons. The molecule has 1 atom stereocenters. The molecule has 5 heteroatoms. The number of rotatable bonds is 3. The highest BCUT2D eigenvalue weighted by Gasteiger charge is 2.23. The highest BCUT2D eigenvalue weighted by atomic mass is 35.5. The molecule has 0 saturated carbocycles. The summed E-state index contributed by atoms with van der Waals surface area (Å²) >= 11 is 9.33. The third kappa shape index (κ3) is 3.39. The summed E-state index contributed by atoms with van der Waals surface area (Å²) in [6, 6.07) is 4.61. The van der Waals surface area contributed by atoms with E-state index in [4.69, 9.17) is 11.6 Å². The van der Waals surface area contributed by atoms with E-state index >= 15 is 0 Å². The summed E-state index contributed by atoms with van der Waals surface area (Å²) in [4.78, 5) is 12.0. The van der Waals surface area contributed by atoms with Crippen molar-refractivity contribution in [2.24, 2.45) is 0 Å². The maximum Gasteiger partial charge on any atom is 0.151 e. The van der Waals surface area contributed by atoms with Gasteiger partial charge >= 0.3 is 0 Å². The standard InChI is InChI=1S/C12H12ClFOS2/c13-12-8(2-1-3-9(12)14)6-10(15)11-7-16-4-5-17-11/h1-3,11H,4-7H2. The maximum atomic E-state index is 13.2. The van der Waals surface area contributed by atoms with Crippen LogP contribution in [0.15, 0.2) is 18.2 Å². The molecule has 1 nitrogen and oxygen atoms in total. The maximum absolute atomic E-state index is 13.2. The highest BCUT2D eigenvalue weighted by molar-refractivity contribution is 8.07. The van der Waals surface area contributed by atoms with E-state index in [0.29, 0.717) is 5.56 Å². The average molecular weight is 291 g/mol. The third-order valence-corrected chi connectivity index (χ3v) is 5.80. The fourth-order valence-electron chi connectivity index (χ4n) is 1.66. The second-order valence-corrected chi connectivity index (χ2v) is 6.63. The fourth-order valence-corrected chi connectivity index (χ4v) is 4.50. The lowest BCUT2D eigenvalue weighted by Gasteiger charge is -2.19. The average Bonchev–Trinajstić information content (AvgIpc) is 2.36. The van der Waals surface area contributed by atoms with Crippen molar-refractivity contribution in [3.05, 3.63) is 34.6 Å². The normalized spacial score (nSPS) is 20.2. The van der Waals surface area contributed by atoms with E-state index < -0.39 is 5.82 Å². The molecule has 2 rings (SSSR count). The van der Waals surface area contributed by atoms with Crippen molar-refractivity contribution in [2.45, 2.75) is 11.7 Å². The largest absolute Gasteiger partial charge is 0.298 e. The van der Waals surface area contributed by atoms with E-state index in [1.165, 1.54) is 6.07 Å². The summed E-state index contributed by atoms with van der Waals surface area (Å²) in [5.74, 6) is 2.67. The molecule has 0 spiro atoms. The zero-order valence-electron chi connectivity index (χ0n) is 9.12. The lowest BCUT2D eigenvalue weighted by atomic mass is 10.1. The Hall–Kier alpha value is -0.190. The van der Waals surface area contributed by atoms with E-state index in [2.05, 4.69) is 0 Å². The molecule has 1 aliphatic heterocycles. The second kappa shape index (κ2) is 6.12. The van der Waals surface area contributed by atoms with Gasteiger partial charge in [-0.1, -0.05) is 23.7 Å². The molecule has 1 heterocycles. The molecular weight excluding hydrogens is 279 g/mol. The number of carbonyl (C=O) groups is 1. The number of halogens is 2. The van der Waals surface area contributed by atoms with Crippen LogP contribution in [0.25, 0.3) is 0 Å². The Labute approximate surface area is 113 Å². The van der Waals surface area contributed by atoms with Crippen molar-refractivity contribution >= 4 is 40.9 Å². The molecule has 0 aliphatic carbocycles. The minimum atomic E-state index is -0.456. The van der Waals surface area contributed by atoms with Gasteiger partial charge in [-0.25, -0.2) is 4.39 Å². The molecule has 0 amide bonds. The van der Waals surface area contributed by atoms with Gasteiger partial charge in [0.2, 0.25) is 0 Å². The monoisotopic (exact) mass is 290 g/mol. The van der Waals surface area contributed by atoms with Gasteiger partial charge in [0.25, 0.3) is 0 Å². The van der Waals surface area contributed by atoms with Crippen LogP contribution in [0.5, 0.6) is 0 Å². The minimum absolute atomic E-state index is 0.0353. The Morgan fingerprint density at radius 2 is 2.29 bits per heavy atom. The van der Waals surface area contributed by atoms with Crippen LogP contribution in [0.3, 0.4) is 0 Å². The van der Waals surface area contributed by atoms with Crippen molar-refractivity contribution in [1.82, 2.24) is 0 Å². The van der Waals surface area contributed by atoms with Gasteiger partial charge in [-0.3, -0.25) is 4.79 Å². The summed E-state index contributed by atoms with van der Waals surface area (Å²) < 4.78 is 13.2. The third-order valence-electron chi connectivity index (χ3n) is 2.57. The van der Waals surface area contributed by atoms with Crippen LogP contribution in [-0.4, -0.2) is 28.3 Å². The Bertz CT molecular complexity index is 419. The molecule has 17 heavy (non-hydrogen) atoms. The molecule has 92 valence electrons. The van der Waals surface area contributed by atoms with Crippen LogP contribution >= 0.6 is 35.1 Å². The first kappa shape index (κ1) is 13.2. The van der Waals surface area contributed by atoms with E-state index in [1.54, 1.807) is 35.7 Å². The molecule has 1 aromatic rings. The van der Waals surface area contributed by atoms with Gasteiger partial charge < -0.3 is 0 Å². The molecule has 1 unspecified atom stereocenters. The van der Waals surface area contributed by atoms with Crippen molar-refractivity contribution in [3.8, 4) is 0 Å². The second-order valence-electron chi connectivity index (χ2n) is 3.79. The number of thioether (sulfide) groups is 2. The van der Waals surface area contributed by atoms with E-state index in [-0.39, 0.29) is 22.5 Å². The predicted molar refractivity (Wildman–Crippen MR) is 73.7 cm³/mol. The van der Waals surface area contributed by atoms with Crippen molar-refractivity contribution in [2.75, 3.05) is 17.3 Å². The van der Waals surface area contributed by atoms with Crippen LogP contribution in [0, 0.1) is 5.82 Å². The quantitative estimate of drug-likeness (QED) is 0.849. The number of ketones is 1. The molecule has 1 saturated heterocycles. The van der Waals surface area contributed by atoms with E-state index in [1.807, 2.05) is 0 Å². The van der Waals surface area contributed by atoms with E-state index in [0.717, 1.165) is 17.3 Å². The first-order valence-corrected chi connectivity index (χ1v) is 7.91. The zero-order valence-corrected chi connectivity index (χ0v) is 11.5. The molecule has 0 bridgehead atoms. The van der Waals surface area contributed by atoms with Gasteiger partial charge in [0.15, 0.2) is 5.78 Å². The Morgan fingerprint density at radius 1 is 1.47 bits per heavy atom. The Kier molecular flexibility index (Phi) is 4.77. The lowest BCUT2D eigenvalue weighted by molar-refractivity contribution is -0.117. The highest BCUT2D eigenvalue weighted by Crippen LogP contribution is 2.27. The molecule has 1 fully saturated rings. The number of hydrogen-bond acceptors (Lipinski definition) is 3. The summed E-state index contributed by atoms with van der Waals surface area (Å²) in [6.45, 7) is 0. The number of carbonyl (C=O) groups excluding carboxylic acids is 1. The van der Waals surface area contributed by atoms with Crippen molar-refractivity contribution in [1.29, 1.82) is 0 Å². The summed E-state index contributed by atoms with van der Waals surface area (Å²) in [6.07, 6.45) is 0.231. The zero-order chi connectivity index (χ0) is 12.3. The topological polar surface area (TPSA) is 17.1 Å². The van der Waals surface area contributed by atoms with Gasteiger partial charge in [0.1, 0.15) is 5.82 Å². The van der Waals surface area contributed by atoms with Gasteiger partial charge in [-0.05, 0) is 11.6 Å². The van der Waals surface area contributed by atoms with Crippen LogP contribution in [0.2, 0.25) is 5.02 Å². The molecule has 0 N–H and O–H groups in total. The van der Waals surface area contributed by atoms with Crippen LogP contribution < -0.4 is 0 Å². The number of benzene rings is 1. The van der Waals surface area contributed by atoms with Gasteiger partial charge in [-0.15, -0.1) is 11.8 Å². The molecule has 1 aromatic carbocycles. The van der Waals surface area contributed by atoms with Crippen LogP contribution in [0.4, 0.5) is 4.39 Å². The Morgan fingerprint density at radius 3 is 3.00 bits per heavy atom. The van der Waals surface area contributed by atoms with Gasteiger partial charge in [-0.2, -0.15) is 11.8 Å². The fraction of sp³-hybridized carbons (Fsp3) is 0.417. The summed E-state index contributed by atoms with van der Waals surface area (Å²) in [5.41, 5.74) is 0.591. The minimum Gasteiger partial charge on any atom is -0.298 e. The van der Waals surface area contributed by atoms with Crippen LogP contribution in [-0.2, 0) is 11.2 Å². The molecule has 1 aliphatic rings. The first-order chi connectivity index (χ1) is 8.18. The first-order valence-electron chi connectivity index (χ1n) is 5.33. The molecular formula is C12H12ClFOS2. The summed E-state index contributed by atoms with van der Waals surface area (Å²) in [7, 11) is 0. The SMILES string of the molecule is O=C(Cc1cccc(F)c1Cl)C1CSCCS1. The Balaban J connectivity index is 2.04. The van der Waals surface area contributed by atoms with Crippen molar-refractivity contribution in [3.63, 3.8) is 0 Å². The number of hydrogen-bond donors (Lipinski definition) is 0.